The highest BCUT2D eigenvalue weighted by molar-refractivity contribution is 9.07. The second-order valence-corrected chi connectivity index (χ2v) is 2.42. The molecular weight excluding hydrogens is 170 g/mol. The Hall–Kier alpha value is -0.250. The van der Waals surface area contributed by atoms with Crippen molar-refractivity contribution >= 4 is 22.0 Å². The Balaban J connectivity index is 2.49. The number of hydrogen-bond acceptors (Lipinski definition) is 3. The lowest BCUT2D eigenvalue weighted by Crippen LogP contribution is -2.17. The molecule has 0 spiro atoms. The van der Waals surface area contributed by atoms with E-state index in [0.29, 0.717) is 0 Å². The van der Waals surface area contributed by atoms with Crippen molar-refractivity contribution in [1.82, 2.24) is 9.35 Å². The molecule has 1 N–H and O–H groups in total. The molecule has 0 aromatic carbocycles. The summed E-state index contributed by atoms with van der Waals surface area (Å²) in [6.07, 6.45) is 0.970. The molecule has 0 saturated heterocycles. The third kappa shape index (κ3) is 0.940. The van der Waals surface area contributed by atoms with Crippen LogP contribution in [0.4, 0.5) is 0 Å². The van der Waals surface area contributed by atoms with Crippen LogP contribution >= 0.6 is 16.1 Å². The Kier molecular flexibility index (Phi) is 1.73. The molecule has 0 aromatic heterocycles. The predicted molar refractivity (Wildman–Crippen MR) is 36.5 cm³/mol. The Morgan fingerprint density at radius 1 is 2.00 bits per heavy atom. The molecule has 0 fully saturated rings. The Morgan fingerprint density at radius 2 is 2.75 bits per heavy atom. The largest absolute Gasteiger partial charge is 0.288 e. The van der Waals surface area contributed by atoms with Gasteiger partial charge in [0.15, 0.2) is 0 Å². The fraction of sp³-hybridized carbons (Fsp3) is 0.750. The zero-order valence-electron chi connectivity index (χ0n) is 4.69. The van der Waals surface area contributed by atoms with Gasteiger partial charge in [-0.05, 0) is 0 Å². The summed E-state index contributed by atoms with van der Waals surface area (Å²) in [6, 6.07) is 0. The summed E-state index contributed by atoms with van der Waals surface area (Å²) in [7, 11) is 0. The molecule has 0 aliphatic carbocycles. The van der Waals surface area contributed by atoms with Crippen molar-refractivity contribution in [3.05, 3.63) is 0 Å². The van der Waals surface area contributed by atoms with Gasteiger partial charge in [0.25, 0.3) is 0 Å². The highest BCUT2D eigenvalue weighted by Gasteiger charge is 2.09. The molecule has 0 saturated carbocycles. The summed E-state index contributed by atoms with van der Waals surface area (Å²) in [4.78, 5) is 0. The molecule has 0 aromatic rings. The monoisotopic (exact) mass is 177 g/mol. The summed E-state index contributed by atoms with van der Waals surface area (Å²) < 4.78 is 1.91. The lowest BCUT2D eigenvalue weighted by Gasteiger charge is -2.04. The van der Waals surface area contributed by atoms with Crippen molar-refractivity contribution in [1.29, 1.82) is 0 Å². The first-order valence-corrected chi connectivity index (χ1v) is 3.28. The van der Waals surface area contributed by atoms with E-state index in [1.54, 1.807) is 0 Å². The van der Waals surface area contributed by atoms with Crippen molar-refractivity contribution in [3.8, 4) is 0 Å². The number of amidine groups is 1. The van der Waals surface area contributed by atoms with Crippen molar-refractivity contribution < 1.29 is 0 Å². The lowest BCUT2D eigenvalue weighted by atomic mass is 10.4. The van der Waals surface area contributed by atoms with Crippen molar-refractivity contribution in [3.63, 3.8) is 0 Å². The third-order valence-corrected chi connectivity index (χ3v) is 1.67. The minimum absolute atomic E-state index is 0.781. The number of halogens is 1. The van der Waals surface area contributed by atoms with Gasteiger partial charge in [-0.25, -0.2) is 0 Å². The summed E-state index contributed by atoms with van der Waals surface area (Å²) in [5.41, 5.74) is 2.84. The van der Waals surface area contributed by atoms with E-state index in [0.717, 1.165) is 18.9 Å². The molecule has 8 heavy (non-hydrogen) atoms. The molecule has 1 heterocycles. The zero-order chi connectivity index (χ0) is 5.98. The van der Waals surface area contributed by atoms with E-state index in [-0.39, 0.29) is 0 Å². The molecule has 0 bridgehead atoms. The first kappa shape index (κ1) is 5.88. The number of hydrogen-bond donors (Lipinski definition) is 1. The Labute approximate surface area is 57.1 Å². The second kappa shape index (κ2) is 2.35. The molecule has 1 rings (SSSR count). The average molecular weight is 178 g/mol. The number of hydrazone groups is 1. The van der Waals surface area contributed by atoms with Crippen molar-refractivity contribution in [2.24, 2.45) is 5.10 Å². The van der Waals surface area contributed by atoms with Crippen LogP contribution in [0.15, 0.2) is 5.10 Å². The van der Waals surface area contributed by atoms with E-state index < -0.39 is 0 Å². The second-order valence-electron chi connectivity index (χ2n) is 1.56. The molecule has 1 aliphatic heterocycles. The number of rotatable bonds is 1. The summed E-state index contributed by atoms with van der Waals surface area (Å²) in [6.45, 7) is 2.85. The zero-order valence-corrected chi connectivity index (χ0v) is 6.27. The third-order valence-electron chi connectivity index (χ3n) is 1.01. The molecule has 0 atom stereocenters. The average Bonchev–Trinajstić information content (AvgIpc) is 2.14. The van der Waals surface area contributed by atoms with Crippen LogP contribution in [0, 0.1) is 0 Å². The standard InChI is InChI=1S/C4H8BrN3/c1-2-4-7-6-3-8(4)5/h6H,2-3H2,1H3. The quantitative estimate of drug-likeness (QED) is 0.603. The van der Waals surface area contributed by atoms with Crippen molar-refractivity contribution in [2.45, 2.75) is 13.3 Å². The number of nitrogens with one attached hydrogen (secondary N) is 1. The van der Waals surface area contributed by atoms with E-state index in [2.05, 4.69) is 33.6 Å². The van der Waals surface area contributed by atoms with Gasteiger partial charge in [-0.1, -0.05) is 6.92 Å². The summed E-state index contributed by atoms with van der Waals surface area (Å²) in [5, 5.41) is 3.98. The SMILES string of the molecule is CCC1=NNCN1Br. The first-order valence-electron chi connectivity index (χ1n) is 2.57. The lowest BCUT2D eigenvalue weighted by molar-refractivity contribution is 0.651. The van der Waals surface area contributed by atoms with Gasteiger partial charge in [-0.15, -0.1) is 0 Å². The molecule has 0 radical (unpaired) electrons. The maximum Gasteiger partial charge on any atom is 0.136 e. The first-order chi connectivity index (χ1) is 3.84. The van der Waals surface area contributed by atoms with Gasteiger partial charge in [0, 0.05) is 6.42 Å². The molecular formula is C4H8BrN3. The topological polar surface area (TPSA) is 27.6 Å². The number of nitrogens with zero attached hydrogens (tertiary/aromatic N) is 2. The van der Waals surface area contributed by atoms with Crippen LogP contribution in [0.25, 0.3) is 0 Å². The highest BCUT2D eigenvalue weighted by Crippen LogP contribution is 2.05. The van der Waals surface area contributed by atoms with E-state index in [1.165, 1.54) is 0 Å². The van der Waals surface area contributed by atoms with Crippen LogP contribution in [-0.4, -0.2) is 16.4 Å². The minimum Gasteiger partial charge on any atom is -0.288 e. The molecule has 4 heteroatoms. The van der Waals surface area contributed by atoms with E-state index in [4.69, 9.17) is 0 Å². The summed E-state index contributed by atoms with van der Waals surface area (Å²) in [5.74, 6) is 1.06. The fourth-order valence-electron chi connectivity index (χ4n) is 0.585. The van der Waals surface area contributed by atoms with E-state index >= 15 is 0 Å². The van der Waals surface area contributed by atoms with Crippen LogP contribution in [-0.2, 0) is 0 Å². The smallest absolute Gasteiger partial charge is 0.136 e. The van der Waals surface area contributed by atoms with Gasteiger partial charge >= 0.3 is 0 Å². The fourth-order valence-corrected chi connectivity index (χ4v) is 1.03. The maximum absolute atomic E-state index is 3.98. The van der Waals surface area contributed by atoms with Crippen LogP contribution < -0.4 is 5.43 Å². The van der Waals surface area contributed by atoms with Crippen molar-refractivity contribution in [2.75, 3.05) is 6.67 Å². The van der Waals surface area contributed by atoms with Crippen LogP contribution in [0.2, 0.25) is 0 Å². The van der Waals surface area contributed by atoms with Gasteiger partial charge in [-0.2, -0.15) is 5.10 Å². The van der Waals surface area contributed by atoms with Gasteiger partial charge in [0.1, 0.15) is 12.5 Å². The Morgan fingerprint density at radius 3 is 3.00 bits per heavy atom. The van der Waals surface area contributed by atoms with Gasteiger partial charge in [-0.3, -0.25) is 9.35 Å². The van der Waals surface area contributed by atoms with E-state index in [9.17, 15) is 0 Å². The highest BCUT2D eigenvalue weighted by atomic mass is 79.9. The molecule has 0 unspecified atom stereocenters. The molecule has 1 aliphatic rings. The van der Waals surface area contributed by atoms with Crippen LogP contribution in [0.1, 0.15) is 13.3 Å². The van der Waals surface area contributed by atoms with Crippen LogP contribution in [0.3, 0.4) is 0 Å². The summed E-state index contributed by atoms with van der Waals surface area (Å²) >= 11 is 3.30. The van der Waals surface area contributed by atoms with Crippen LogP contribution in [0.5, 0.6) is 0 Å². The molecule has 3 nitrogen and oxygen atoms in total. The van der Waals surface area contributed by atoms with Gasteiger partial charge in [0.05, 0.1) is 16.1 Å². The van der Waals surface area contributed by atoms with Gasteiger partial charge in [0.2, 0.25) is 0 Å². The van der Waals surface area contributed by atoms with E-state index in [1.807, 2.05) is 3.93 Å². The molecule has 46 valence electrons. The minimum atomic E-state index is 0.781. The van der Waals surface area contributed by atoms with Gasteiger partial charge < -0.3 is 0 Å². The molecule has 0 amide bonds. The Bertz CT molecular complexity index is 112. The predicted octanol–water partition coefficient (Wildman–Crippen LogP) is 0.883. The maximum atomic E-state index is 3.98. The normalized spacial score (nSPS) is 18.2.